The van der Waals surface area contributed by atoms with Crippen LogP contribution < -0.4 is 10.6 Å². The van der Waals surface area contributed by atoms with Crippen LogP contribution in [0.4, 0.5) is 19.0 Å². The van der Waals surface area contributed by atoms with Crippen LogP contribution in [-0.4, -0.2) is 34.7 Å². The predicted octanol–water partition coefficient (Wildman–Crippen LogP) is 2.17. The van der Waals surface area contributed by atoms with Gasteiger partial charge in [0.2, 0.25) is 0 Å². The lowest BCUT2D eigenvalue weighted by atomic mass is 9.93. The summed E-state index contributed by atoms with van der Waals surface area (Å²) in [6.45, 7) is 5.01. The first-order valence-corrected chi connectivity index (χ1v) is 6.47. The molecule has 0 amide bonds. The molecule has 0 aliphatic heterocycles. The zero-order valence-electron chi connectivity index (χ0n) is 12.1. The Morgan fingerprint density at radius 2 is 2.00 bits per heavy atom. The Hall–Kier alpha value is -1.83. The van der Waals surface area contributed by atoms with Crippen molar-refractivity contribution in [3.05, 3.63) is 24.2 Å². The van der Waals surface area contributed by atoms with E-state index < -0.39 is 11.9 Å². The minimum Gasteiger partial charge on any atom is -0.357 e. The Bertz CT molecular complexity index is 632. The topological polar surface area (TPSA) is 59.5 Å². The molecular formula is C13H18F3N5. The molecule has 0 unspecified atom stereocenters. The predicted molar refractivity (Wildman–Crippen MR) is 74.1 cm³/mol. The molecule has 0 saturated carbocycles. The van der Waals surface area contributed by atoms with E-state index in [0.29, 0.717) is 24.4 Å². The molecule has 0 spiro atoms. The van der Waals surface area contributed by atoms with Gasteiger partial charge in [-0.15, -0.1) is 0 Å². The van der Waals surface area contributed by atoms with Crippen LogP contribution in [0.3, 0.4) is 0 Å². The van der Waals surface area contributed by atoms with Gasteiger partial charge in [-0.3, -0.25) is 0 Å². The Kier molecular flexibility index (Phi) is 3.83. The second kappa shape index (κ2) is 5.18. The molecule has 21 heavy (non-hydrogen) atoms. The highest BCUT2D eigenvalue weighted by molar-refractivity contribution is 5.69. The Morgan fingerprint density at radius 3 is 2.57 bits per heavy atom. The number of halogens is 3. The Labute approximate surface area is 120 Å². The number of alkyl halides is 3. The van der Waals surface area contributed by atoms with Crippen LogP contribution in [0.2, 0.25) is 0 Å². The summed E-state index contributed by atoms with van der Waals surface area (Å²) in [7, 11) is 1.78. The number of fused-ring (bicyclic) bond motifs is 1. The molecule has 8 heteroatoms. The van der Waals surface area contributed by atoms with E-state index in [9.17, 15) is 13.2 Å². The van der Waals surface area contributed by atoms with Crippen LogP contribution in [0.15, 0.2) is 18.5 Å². The minimum atomic E-state index is -4.47. The summed E-state index contributed by atoms with van der Waals surface area (Å²) in [4.78, 5) is 5.97. The largest absolute Gasteiger partial charge is 0.435 e. The fourth-order valence-corrected chi connectivity index (χ4v) is 2.12. The highest BCUT2D eigenvalue weighted by Crippen LogP contribution is 2.31. The van der Waals surface area contributed by atoms with E-state index in [1.165, 1.54) is 16.9 Å². The van der Waals surface area contributed by atoms with Gasteiger partial charge in [-0.25, -0.2) is 9.50 Å². The average molecular weight is 301 g/mol. The van der Waals surface area contributed by atoms with Crippen molar-refractivity contribution < 1.29 is 13.2 Å². The van der Waals surface area contributed by atoms with Crippen molar-refractivity contribution in [1.29, 1.82) is 0 Å². The maximum absolute atomic E-state index is 12.8. The lowest BCUT2D eigenvalue weighted by Crippen LogP contribution is -2.37. The van der Waals surface area contributed by atoms with Gasteiger partial charge in [-0.05, 0) is 12.0 Å². The van der Waals surface area contributed by atoms with E-state index in [1.54, 1.807) is 11.9 Å². The Balaban J connectivity index is 2.42. The molecule has 0 saturated heterocycles. The van der Waals surface area contributed by atoms with Gasteiger partial charge >= 0.3 is 6.18 Å². The van der Waals surface area contributed by atoms with E-state index in [1.807, 2.05) is 13.8 Å². The van der Waals surface area contributed by atoms with Gasteiger partial charge in [0, 0.05) is 32.1 Å². The molecule has 2 rings (SSSR count). The van der Waals surface area contributed by atoms with Crippen molar-refractivity contribution in [2.75, 3.05) is 25.0 Å². The molecule has 0 aliphatic rings. The summed E-state index contributed by atoms with van der Waals surface area (Å²) < 4.78 is 39.5. The second-order valence-electron chi connectivity index (χ2n) is 5.83. The van der Waals surface area contributed by atoms with E-state index in [0.717, 1.165) is 6.07 Å². The van der Waals surface area contributed by atoms with Crippen LogP contribution in [0, 0.1) is 5.41 Å². The third-order valence-corrected chi connectivity index (χ3v) is 3.24. The van der Waals surface area contributed by atoms with Gasteiger partial charge < -0.3 is 10.6 Å². The summed E-state index contributed by atoms with van der Waals surface area (Å²) >= 11 is 0. The molecule has 0 bridgehead atoms. The van der Waals surface area contributed by atoms with Crippen LogP contribution in [0.1, 0.15) is 19.5 Å². The lowest BCUT2D eigenvalue weighted by Gasteiger charge is -2.29. The second-order valence-corrected chi connectivity index (χ2v) is 5.83. The molecule has 2 heterocycles. The van der Waals surface area contributed by atoms with Gasteiger partial charge in [0.25, 0.3) is 0 Å². The third kappa shape index (κ3) is 3.26. The molecule has 116 valence electrons. The maximum Gasteiger partial charge on any atom is 0.435 e. The van der Waals surface area contributed by atoms with Gasteiger partial charge in [-0.2, -0.15) is 18.3 Å². The first-order valence-electron chi connectivity index (χ1n) is 6.47. The highest BCUT2D eigenvalue weighted by atomic mass is 19.4. The van der Waals surface area contributed by atoms with Crippen LogP contribution in [-0.2, 0) is 6.18 Å². The van der Waals surface area contributed by atoms with Crippen molar-refractivity contribution in [3.63, 3.8) is 0 Å². The maximum atomic E-state index is 12.8. The van der Waals surface area contributed by atoms with Crippen molar-refractivity contribution in [1.82, 2.24) is 14.6 Å². The zero-order chi connectivity index (χ0) is 15.8. The molecule has 0 aliphatic carbocycles. The number of aromatic nitrogens is 3. The molecule has 0 atom stereocenters. The van der Waals surface area contributed by atoms with E-state index >= 15 is 0 Å². The zero-order valence-corrected chi connectivity index (χ0v) is 12.1. The molecule has 0 fully saturated rings. The number of rotatable bonds is 4. The molecule has 5 nitrogen and oxygen atoms in total. The highest BCUT2D eigenvalue weighted by Gasteiger charge is 2.34. The summed E-state index contributed by atoms with van der Waals surface area (Å²) in [6.07, 6.45) is -1.64. The van der Waals surface area contributed by atoms with Gasteiger partial charge in [-0.1, -0.05) is 13.8 Å². The first kappa shape index (κ1) is 15.6. The minimum absolute atomic E-state index is 0.170. The molecule has 0 aromatic carbocycles. The molecule has 0 radical (unpaired) electrons. The van der Waals surface area contributed by atoms with Crippen molar-refractivity contribution in [3.8, 4) is 0 Å². The fraction of sp³-hybridized carbons (Fsp3) is 0.538. The van der Waals surface area contributed by atoms with E-state index in [2.05, 4.69) is 10.1 Å². The summed E-state index contributed by atoms with van der Waals surface area (Å²) in [5.41, 5.74) is 4.91. The van der Waals surface area contributed by atoms with E-state index in [-0.39, 0.29) is 5.41 Å². The number of nitrogens with two attached hydrogens (primary N) is 1. The normalized spacial score (nSPS) is 12.9. The van der Waals surface area contributed by atoms with Crippen LogP contribution in [0.5, 0.6) is 0 Å². The van der Waals surface area contributed by atoms with Gasteiger partial charge in [0.15, 0.2) is 11.5 Å². The molecule has 2 aromatic rings. The van der Waals surface area contributed by atoms with Crippen molar-refractivity contribution in [2.45, 2.75) is 20.0 Å². The number of nitrogens with zero attached hydrogens (tertiary/aromatic N) is 4. The number of anilines is 1. The lowest BCUT2D eigenvalue weighted by molar-refractivity contribution is -0.141. The fourth-order valence-electron chi connectivity index (χ4n) is 2.12. The average Bonchev–Trinajstić information content (AvgIpc) is 2.81. The monoisotopic (exact) mass is 301 g/mol. The summed E-state index contributed by atoms with van der Waals surface area (Å²) in [5.74, 6) is 0.446. The van der Waals surface area contributed by atoms with E-state index in [4.69, 9.17) is 5.73 Å². The van der Waals surface area contributed by atoms with Crippen molar-refractivity contribution in [2.24, 2.45) is 11.1 Å². The summed E-state index contributed by atoms with van der Waals surface area (Å²) in [5, 5.41) is 3.54. The van der Waals surface area contributed by atoms with Crippen LogP contribution in [0.25, 0.3) is 5.52 Å². The molecule has 2 aromatic heterocycles. The number of hydrogen-bond acceptors (Lipinski definition) is 4. The molecule has 2 N–H and O–H groups in total. The SMILES string of the molecule is CN(CC(C)(C)CN)c1nccn2nc(C(F)(F)F)cc12. The molecular weight excluding hydrogens is 283 g/mol. The van der Waals surface area contributed by atoms with Gasteiger partial charge in [0.05, 0.1) is 0 Å². The Morgan fingerprint density at radius 1 is 1.33 bits per heavy atom. The number of hydrogen-bond donors (Lipinski definition) is 1. The van der Waals surface area contributed by atoms with Crippen molar-refractivity contribution >= 4 is 11.3 Å². The smallest absolute Gasteiger partial charge is 0.357 e. The van der Waals surface area contributed by atoms with Crippen LogP contribution >= 0.6 is 0 Å². The summed E-state index contributed by atoms with van der Waals surface area (Å²) in [6, 6.07) is 1.01. The first-order chi connectivity index (χ1) is 9.64. The quantitative estimate of drug-likeness (QED) is 0.940. The third-order valence-electron chi connectivity index (χ3n) is 3.24. The standard InChI is InChI=1S/C13H18F3N5/c1-12(2,7-17)8-20(3)11-9-6-10(13(14,15)16)19-21(9)5-4-18-11/h4-6H,7-8,17H2,1-3H3. The van der Waals surface area contributed by atoms with Gasteiger partial charge in [0.1, 0.15) is 5.52 Å².